The van der Waals surface area contributed by atoms with Crippen molar-refractivity contribution in [2.24, 2.45) is 5.73 Å². The van der Waals surface area contributed by atoms with E-state index in [2.05, 4.69) is 4.72 Å². The summed E-state index contributed by atoms with van der Waals surface area (Å²) < 4.78 is 66.1. The molecule has 3 N–H and O–H groups in total. The SMILES string of the molecule is CC(NS(=O)(=O)c1ccc(C(N)=O)cc1)c1ccccc1C(F)(F)F. The number of hydrogen-bond donors (Lipinski definition) is 2. The van der Waals surface area contributed by atoms with Gasteiger partial charge in [-0.3, -0.25) is 4.79 Å². The predicted octanol–water partition coefficient (Wildman–Crippen LogP) is 2.84. The largest absolute Gasteiger partial charge is 0.416 e. The summed E-state index contributed by atoms with van der Waals surface area (Å²) in [4.78, 5) is 10.8. The molecule has 0 fully saturated rings. The molecule has 2 aromatic rings. The van der Waals surface area contributed by atoms with Crippen molar-refractivity contribution < 1.29 is 26.4 Å². The van der Waals surface area contributed by atoms with Crippen molar-refractivity contribution in [1.82, 2.24) is 4.72 Å². The lowest BCUT2D eigenvalue weighted by Crippen LogP contribution is -2.28. The second-order valence-electron chi connectivity index (χ2n) is 5.32. The molecular weight excluding hydrogens is 357 g/mol. The lowest BCUT2D eigenvalue weighted by atomic mass is 10.0. The third-order valence-corrected chi connectivity index (χ3v) is 5.07. The van der Waals surface area contributed by atoms with E-state index in [0.717, 1.165) is 18.2 Å². The van der Waals surface area contributed by atoms with Crippen LogP contribution in [0.3, 0.4) is 0 Å². The Bertz CT molecular complexity index is 878. The van der Waals surface area contributed by atoms with Gasteiger partial charge in [0.05, 0.1) is 10.5 Å². The first-order chi connectivity index (χ1) is 11.5. The highest BCUT2D eigenvalue weighted by Gasteiger charge is 2.34. The number of hydrogen-bond acceptors (Lipinski definition) is 3. The van der Waals surface area contributed by atoms with Crippen molar-refractivity contribution in [1.29, 1.82) is 0 Å². The highest BCUT2D eigenvalue weighted by molar-refractivity contribution is 7.89. The summed E-state index contributed by atoms with van der Waals surface area (Å²) >= 11 is 0. The number of alkyl halides is 3. The normalized spacial score (nSPS) is 13.4. The van der Waals surface area contributed by atoms with Crippen molar-refractivity contribution in [3.05, 3.63) is 65.2 Å². The molecule has 1 amide bonds. The van der Waals surface area contributed by atoms with Gasteiger partial charge in [-0.05, 0) is 42.8 Å². The molecule has 0 aliphatic rings. The Morgan fingerprint density at radius 1 is 1.08 bits per heavy atom. The molecule has 0 aliphatic carbocycles. The standard InChI is InChI=1S/C16H15F3N2O3S/c1-10(13-4-2-3-5-14(13)16(17,18)19)21-25(23,24)12-8-6-11(7-9-12)15(20)22/h2-10,21H,1H3,(H2,20,22). The fraction of sp³-hybridized carbons (Fsp3) is 0.188. The molecular formula is C16H15F3N2O3S. The Morgan fingerprint density at radius 3 is 2.16 bits per heavy atom. The second-order valence-corrected chi connectivity index (χ2v) is 7.03. The number of nitrogens with one attached hydrogen (secondary N) is 1. The number of primary amides is 1. The van der Waals surface area contributed by atoms with Crippen molar-refractivity contribution in [2.45, 2.75) is 24.0 Å². The van der Waals surface area contributed by atoms with Crippen LogP contribution < -0.4 is 10.5 Å². The van der Waals surface area contributed by atoms with Crippen LogP contribution in [0.2, 0.25) is 0 Å². The van der Waals surface area contributed by atoms with Gasteiger partial charge in [0, 0.05) is 11.6 Å². The lowest BCUT2D eigenvalue weighted by Gasteiger charge is -2.19. The van der Waals surface area contributed by atoms with E-state index in [1.54, 1.807) is 0 Å². The van der Waals surface area contributed by atoms with Crippen molar-refractivity contribution in [3.8, 4) is 0 Å². The third-order valence-electron chi connectivity index (χ3n) is 3.51. The molecule has 0 saturated carbocycles. The molecule has 2 aromatic carbocycles. The summed E-state index contributed by atoms with van der Waals surface area (Å²) in [6, 6.07) is 8.39. The molecule has 2 rings (SSSR count). The molecule has 0 radical (unpaired) electrons. The maximum absolute atomic E-state index is 13.1. The van der Waals surface area contributed by atoms with E-state index in [-0.39, 0.29) is 16.0 Å². The minimum atomic E-state index is -4.60. The lowest BCUT2D eigenvalue weighted by molar-refractivity contribution is -0.138. The van der Waals surface area contributed by atoms with Crippen LogP contribution in [0.1, 0.15) is 34.5 Å². The molecule has 0 spiro atoms. The zero-order chi connectivity index (χ0) is 18.8. The fourth-order valence-electron chi connectivity index (χ4n) is 2.30. The van der Waals surface area contributed by atoms with Gasteiger partial charge in [0.25, 0.3) is 0 Å². The topological polar surface area (TPSA) is 89.3 Å². The molecule has 0 heterocycles. The van der Waals surface area contributed by atoms with Crippen LogP contribution in [0, 0.1) is 0 Å². The van der Waals surface area contributed by atoms with E-state index >= 15 is 0 Å². The Hall–Kier alpha value is -2.39. The average molecular weight is 372 g/mol. The van der Waals surface area contributed by atoms with Gasteiger partial charge in [0.2, 0.25) is 15.9 Å². The molecule has 1 atom stereocenters. The van der Waals surface area contributed by atoms with E-state index < -0.39 is 33.7 Å². The zero-order valence-electron chi connectivity index (χ0n) is 13.0. The summed E-state index contributed by atoms with van der Waals surface area (Å²) in [5.41, 5.74) is 4.10. The molecule has 0 aliphatic heterocycles. The number of amides is 1. The number of sulfonamides is 1. The van der Waals surface area contributed by atoms with Gasteiger partial charge in [-0.2, -0.15) is 13.2 Å². The van der Waals surface area contributed by atoms with Gasteiger partial charge in [-0.1, -0.05) is 18.2 Å². The Labute approximate surface area is 142 Å². The molecule has 0 aromatic heterocycles. The minimum Gasteiger partial charge on any atom is -0.366 e. The molecule has 9 heteroatoms. The van der Waals surface area contributed by atoms with Crippen LogP contribution in [0.5, 0.6) is 0 Å². The monoisotopic (exact) mass is 372 g/mol. The first-order valence-corrected chi connectivity index (χ1v) is 8.59. The van der Waals surface area contributed by atoms with E-state index in [9.17, 15) is 26.4 Å². The van der Waals surface area contributed by atoms with Crippen LogP contribution in [-0.2, 0) is 16.2 Å². The first-order valence-electron chi connectivity index (χ1n) is 7.10. The predicted molar refractivity (Wildman–Crippen MR) is 85.1 cm³/mol. The van der Waals surface area contributed by atoms with Crippen LogP contribution in [0.25, 0.3) is 0 Å². The highest BCUT2D eigenvalue weighted by Crippen LogP contribution is 2.34. The third kappa shape index (κ3) is 4.37. The molecule has 5 nitrogen and oxygen atoms in total. The highest BCUT2D eigenvalue weighted by atomic mass is 32.2. The summed E-state index contributed by atoms with van der Waals surface area (Å²) in [6.07, 6.45) is -4.60. The molecule has 134 valence electrons. The van der Waals surface area contributed by atoms with Crippen molar-refractivity contribution >= 4 is 15.9 Å². The van der Waals surface area contributed by atoms with Gasteiger partial charge in [0.15, 0.2) is 0 Å². The second kappa shape index (κ2) is 6.85. The summed E-state index contributed by atoms with van der Waals surface area (Å²) in [7, 11) is -4.08. The average Bonchev–Trinajstić information content (AvgIpc) is 2.53. The Balaban J connectivity index is 2.31. The van der Waals surface area contributed by atoms with Crippen LogP contribution in [0.4, 0.5) is 13.2 Å². The molecule has 1 unspecified atom stereocenters. The maximum atomic E-state index is 13.1. The van der Waals surface area contributed by atoms with Gasteiger partial charge < -0.3 is 5.73 Å². The number of carbonyl (C=O) groups is 1. The van der Waals surface area contributed by atoms with E-state index in [4.69, 9.17) is 5.73 Å². The van der Waals surface area contributed by atoms with Gasteiger partial charge >= 0.3 is 6.18 Å². The van der Waals surface area contributed by atoms with E-state index in [0.29, 0.717) is 0 Å². The quantitative estimate of drug-likeness (QED) is 0.846. The maximum Gasteiger partial charge on any atom is 0.416 e. The summed E-state index contributed by atoms with van der Waals surface area (Å²) in [5.74, 6) is -0.718. The molecule has 0 saturated heterocycles. The number of carbonyl (C=O) groups excluding carboxylic acids is 1. The van der Waals surface area contributed by atoms with Crippen molar-refractivity contribution in [3.63, 3.8) is 0 Å². The summed E-state index contributed by atoms with van der Waals surface area (Å²) in [6.45, 7) is 1.32. The first kappa shape index (κ1) is 18.9. The molecule has 0 bridgehead atoms. The number of rotatable bonds is 5. The van der Waals surface area contributed by atoms with Crippen molar-refractivity contribution in [2.75, 3.05) is 0 Å². The number of halogens is 3. The van der Waals surface area contributed by atoms with Crippen LogP contribution >= 0.6 is 0 Å². The number of benzene rings is 2. The fourth-order valence-corrected chi connectivity index (χ4v) is 3.52. The molecule has 25 heavy (non-hydrogen) atoms. The van der Waals surface area contributed by atoms with Gasteiger partial charge in [-0.15, -0.1) is 0 Å². The van der Waals surface area contributed by atoms with E-state index in [1.165, 1.54) is 37.3 Å². The van der Waals surface area contributed by atoms with Crippen LogP contribution in [0.15, 0.2) is 53.4 Å². The smallest absolute Gasteiger partial charge is 0.366 e. The number of nitrogens with two attached hydrogens (primary N) is 1. The Kier molecular flexibility index (Phi) is 5.19. The van der Waals surface area contributed by atoms with E-state index in [1.807, 2.05) is 0 Å². The Morgan fingerprint density at radius 2 is 1.64 bits per heavy atom. The van der Waals surface area contributed by atoms with Gasteiger partial charge in [0.1, 0.15) is 0 Å². The summed E-state index contributed by atoms with van der Waals surface area (Å²) in [5, 5.41) is 0. The minimum absolute atomic E-state index is 0.120. The van der Waals surface area contributed by atoms with Crippen LogP contribution in [-0.4, -0.2) is 14.3 Å². The zero-order valence-corrected chi connectivity index (χ0v) is 13.9. The van der Waals surface area contributed by atoms with Gasteiger partial charge in [-0.25, -0.2) is 13.1 Å².